The number of amides is 1. The van der Waals surface area contributed by atoms with Gasteiger partial charge in [0.1, 0.15) is 22.6 Å². The molecular weight excluding hydrogens is 526 g/mol. The molecule has 1 saturated heterocycles. The van der Waals surface area contributed by atoms with Gasteiger partial charge in [-0.1, -0.05) is 5.92 Å². The minimum atomic E-state index is -4.59. The van der Waals surface area contributed by atoms with Gasteiger partial charge in [0, 0.05) is 43.3 Å². The quantitative estimate of drug-likeness (QED) is 0.202. The monoisotopic (exact) mass is 551 g/mol. The molecule has 3 aromatic rings. The number of nitrogens with one attached hydrogen (secondary N) is 4. The lowest BCUT2D eigenvalue weighted by atomic mass is 10.1. The molecule has 0 unspecified atom stereocenters. The molecule has 0 radical (unpaired) electrons. The molecule has 0 saturated carbocycles. The second-order valence-corrected chi connectivity index (χ2v) is 9.25. The van der Waals surface area contributed by atoms with Crippen LogP contribution in [0.3, 0.4) is 0 Å². The van der Waals surface area contributed by atoms with E-state index >= 15 is 0 Å². The number of anilines is 2. The highest BCUT2D eigenvalue weighted by molar-refractivity contribution is 8.00. The summed E-state index contributed by atoms with van der Waals surface area (Å²) in [7, 11) is 2.98. The predicted octanol–water partition coefficient (Wildman–Crippen LogP) is 3.28. The van der Waals surface area contributed by atoms with Crippen molar-refractivity contribution in [3.05, 3.63) is 41.9 Å². The van der Waals surface area contributed by atoms with Crippen LogP contribution in [0.1, 0.15) is 22.5 Å². The zero-order valence-electron chi connectivity index (χ0n) is 20.4. The summed E-state index contributed by atoms with van der Waals surface area (Å²) in [5, 5.41) is 11.3. The number of carbonyl (C=O) groups is 1. The number of nitrogens with zero attached hydrogens (tertiary/aromatic N) is 3. The third kappa shape index (κ3) is 6.40. The first-order chi connectivity index (χ1) is 18.2. The topological polar surface area (TPSA) is 105 Å². The zero-order chi connectivity index (χ0) is 27.3. The summed E-state index contributed by atoms with van der Waals surface area (Å²) in [6.45, 7) is 0.801. The smallest absolute Gasteiger partial charge is 0.447 e. The minimum absolute atomic E-state index is 0.0273. The Balaban J connectivity index is 1.62. The van der Waals surface area contributed by atoms with E-state index in [0.29, 0.717) is 30.0 Å². The van der Waals surface area contributed by atoms with Crippen LogP contribution in [-0.2, 0) is 0 Å². The lowest BCUT2D eigenvalue weighted by Gasteiger charge is -2.27. The molecule has 38 heavy (non-hydrogen) atoms. The molecule has 0 aliphatic carbocycles. The SMILES string of the molecule is CNC(=O)c1ccc(OC)c(NCC#Cc2nc3c(N[C@@H]4CCNC[C@@H]4F)nccn3c2SC(F)(F)F)c1. The third-order valence-corrected chi connectivity index (χ3v) is 6.52. The molecule has 4 N–H and O–H groups in total. The molecule has 4 rings (SSSR count). The molecule has 1 amide bonds. The van der Waals surface area contributed by atoms with E-state index in [2.05, 4.69) is 43.1 Å². The van der Waals surface area contributed by atoms with E-state index < -0.39 is 17.7 Å². The highest BCUT2D eigenvalue weighted by atomic mass is 32.2. The molecule has 0 spiro atoms. The summed E-state index contributed by atoms with van der Waals surface area (Å²) >= 11 is -0.340. The summed E-state index contributed by atoms with van der Waals surface area (Å²) in [5.41, 5.74) is -3.69. The molecule has 1 aliphatic heterocycles. The fraction of sp³-hybridized carbons (Fsp3) is 0.375. The van der Waals surface area contributed by atoms with Crippen molar-refractivity contribution >= 4 is 34.8 Å². The number of hydrogen-bond acceptors (Lipinski definition) is 8. The molecule has 1 aliphatic rings. The third-order valence-electron chi connectivity index (χ3n) is 5.70. The van der Waals surface area contributed by atoms with E-state index in [1.54, 1.807) is 18.2 Å². The van der Waals surface area contributed by atoms with Crippen molar-refractivity contribution in [2.45, 2.75) is 29.2 Å². The van der Waals surface area contributed by atoms with Gasteiger partial charge < -0.3 is 26.0 Å². The van der Waals surface area contributed by atoms with Crippen molar-refractivity contribution in [1.82, 2.24) is 25.0 Å². The number of thioether (sulfide) groups is 1. The van der Waals surface area contributed by atoms with Gasteiger partial charge in [-0.2, -0.15) is 13.2 Å². The zero-order valence-corrected chi connectivity index (χ0v) is 21.3. The summed E-state index contributed by atoms with van der Waals surface area (Å²) in [6.07, 6.45) is 1.98. The minimum Gasteiger partial charge on any atom is -0.495 e. The van der Waals surface area contributed by atoms with Crippen molar-refractivity contribution in [3.63, 3.8) is 0 Å². The molecule has 1 fully saturated rings. The number of imidazole rings is 1. The highest BCUT2D eigenvalue weighted by Gasteiger charge is 2.33. The Morgan fingerprint density at radius 2 is 2.18 bits per heavy atom. The van der Waals surface area contributed by atoms with E-state index in [9.17, 15) is 22.4 Å². The maximum atomic E-state index is 14.3. The lowest BCUT2D eigenvalue weighted by Crippen LogP contribution is -2.45. The second-order valence-electron chi connectivity index (χ2n) is 8.19. The van der Waals surface area contributed by atoms with Gasteiger partial charge in [0.15, 0.2) is 11.5 Å². The van der Waals surface area contributed by atoms with E-state index in [4.69, 9.17) is 4.74 Å². The average molecular weight is 552 g/mol. The summed E-state index contributed by atoms with van der Waals surface area (Å²) in [6, 6.07) is 4.24. The van der Waals surface area contributed by atoms with Crippen LogP contribution in [0.2, 0.25) is 0 Å². The Labute approximate surface area is 220 Å². The van der Waals surface area contributed by atoms with Crippen LogP contribution in [0.5, 0.6) is 5.75 Å². The van der Waals surface area contributed by atoms with Gasteiger partial charge in [-0.15, -0.1) is 0 Å². The van der Waals surface area contributed by atoms with Crippen molar-refractivity contribution in [1.29, 1.82) is 0 Å². The van der Waals surface area contributed by atoms with Gasteiger partial charge in [-0.25, -0.2) is 14.4 Å². The van der Waals surface area contributed by atoms with Gasteiger partial charge >= 0.3 is 5.51 Å². The average Bonchev–Trinajstić information content (AvgIpc) is 3.24. The number of aromatic nitrogens is 3. The predicted molar refractivity (Wildman–Crippen MR) is 136 cm³/mol. The van der Waals surface area contributed by atoms with Gasteiger partial charge in [0.05, 0.1) is 25.4 Å². The molecule has 0 bridgehead atoms. The van der Waals surface area contributed by atoms with Crippen LogP contribution in [0, 0.1) is 11.8 Å². The number of alkyl halides is 4. The van der Waals surface area contributed by atoms with E-state index in [1.807, 2.05) is 0 Å². The van der Waals surface area contributed by atoms with Crippen LogP contribution < -0.4 is 26.0 Å². The van der Waals surface area contributed by atoms with E-state index in [1.165, 1.54) is 31.0 Å². The van der Waals surface area contributed by atoms with Crippen molar-refractivity contribution in [2.75, 3.05) is 44.4 Å². The Hall–Kier alpha value is -3.70. The van der Waals surface area contributed by atoms with Crippen molar-refractivity contribution < 1.29 is 27.1 Å². The lowest BCUT2D eigenvalue weighted by molar-refractivity contribution is -0.0330. The van der Waals surface area contributed by atoms with Crippen LogP contribution in [-0.4, -0.2) is 71.8 Å². The van der Waals surface area contributed by atoms with Crippen molar-refractivity contribution in [3.8, 4) is 17.6 Å². The van der Waals surface area contributed by atoms with Gasteiger partial charge in [0.25, 0.3) is 5.91 Å². The van der Waals surface area contributed by atoms with Gasteiger partial charge in [-0.05, 0) is 37.1 Å². The van der Waals surface area contributed by atoms with Gasteiger partial charge in [0.2, 0.25) is 0 Å². The Bertz CT molecular complexity index is 1370. The number of hydrogen-bond donors (Lipinski definition) is 4. The second kappa shape index (κ2) is 11.8. The number of fused-ring (bicyclic) bond motifs is 1. The summed E-state index contributed by atoms with van der Waals surface area (Å²) in [5.74, 6) is 5.82. The summed E-state index contributed by atoms with van der Waals surface area (Å²) in [4.78, 5) is 20.4. The van der Waals surface area contributed by atoms with Crippen LogP contribution in [0.4, 0.5) is 29.1 Å². The fourth-order valence-corrected chi connectivity index (χ4v) is 4.56. The number of benzene rings is 1. The molecule has 1 aromatic carbocycles. The van der Waals surface area contributed by atoms with E-state index in [-0.39, 0.29) is 52.9 Å². The molecule has 202 valence electrons. The number of piperidine rings is 1. The largest absolute Gasteiger partial charge is 0.495 e. The first-order valence-electron chi connectivity index (χ1n) is 11.6. The number of rotatable bonds is 7. The number of halogens is 4. The Kier molecular flexibility index (Phi) is 8.48. The number of ether oxygens (including phenoxy) is 1. The van der Waals surface area contributed by atoms with Crippen LogP contribution >= 0.6 is 11.8 Å². The maximum Gasteiger partial charge on any atom is 0.447 e. The first-order valence-corrected chi connectivity index (χ1v) is 12.4. The van der Waals surface area contributed by atoms with Crippen LogP contribution in [0.25, 0.3) is 5.65 Å². The first kappa shape index (κ1) is 27.3. The van der Waals surface area contributed by atoms with Crippen LogP contribution in [0.15, 0.2) is 35.6 Å². The Morgan fingerprint density at radius 3 is 2.89 bits per heavy atom. The fourth-order valence-electron chi connectivity index (χ4n) is 3.90. The van der Waals surface area contributed by atoms with Crippen molar-refractivity contribution in [2.24, 2.45) is 0 Å². The summed E-state index contributed by atoms with van der Waals surface area (Å²) < 4.78 is 61.1. The molecule has 14 heteroatoms. The van der Waals surface area contributed by atoms with E-state index in [0.717, 1.165) is 0 Å². The molecule has 3 heterocycles. The number of methoxy groups -OCH3 is 1. The molecule has 2 aromatic heterocycles. The van der Waals surface area contributed by atoms with Gasteiger partial charge in [-0.3, -0.25) is 9.20 Å². The standard InChI is InChI=1S/C24H25F4N7O2S/c1-29-22(36)14-5-6-19(37-2)18(12-14)31-8-3-4-17-23(38-24(26,27)28)35-11-10-32-20(21(35)34-17)33-16-7-9-30-13-15(16)25/h5-6,10-12,15-16,30-31H,7-9,13H2,1-2H3,(H,29,36)(H,32,33)/t15-,16+/m0/s1. The number of carbonyl (C=O) groups excluding carboxylic acids is 1. The maximum absolute atomic E-state index is 14.3. The Morgan fingerprint density at radius 1 is 1.37 bits per heavy atom. The molecular formula is C24H25F4N7O2S. The normalized spacial score (nSPS) is 17.4. The molecule has 9 nitrogen and oxygen atoms in total. The highest BCUT2D eigenvalue weighted by Crippen LogP contribution is 2.39. The molecule has 2 atom stereocenters.